The molecule has 0 aromatic heterocycles. The minimum Gasteiger partial charge on any atom is -0.372 e. The second-order valence-corrected chi connectivity index (χ2v) is 7.17. The van der Waals surface area contributed by atoms with Crippen LogP contribution in [0.25, 0.3) is 0 Å². The molecule has 1 aliphatic heterocycles. The van der Waals surface area contributed by atoms with Gasteiger partial charge in [0.25, 0.3) is 0 Å². The average molecular weight is 354 g/mol. The van der Waals surface area contributed by atoms with Crippen LogP contribution in [0.4, 0.5) is 0 Å². The van der Waals surface area contributed by atoms with E-state index in [0.717, 1.165) is 6.42 Å². The highest BCUT2D eigenvalue weighted by atomic mass is 16.6. The fraction of sp³-hybridized carbons (Fsp3) is 0.478. The Hall–Kier alpha value is -1.68. The van der Waals surface area contributed by atoms with E-state index in [4.69, 9.17) is 14.2 Å². The number of benzene rings is 2. The lowest BCUT2D eigenvalue weighted by molar-refractivity contribution is -0.227. The SMILES string of the molecule is CC[C@H]1OC(C)[C@H](OCc2ccccc2)[C@@H](OCc2ccccc2)[C@@H]1C. The summed E-state index contributed by atoms with van der Waals surface area (Å²) < 4.78 is 18.9. The predicted octanol–water partition coefficient (Wildman–Crippen LogP) is 4.99. The number of rotatable bonds is 7. The van der Waals surface area contributed by atoms with Crippen LogP contribution in [0.2, 0.25) is 0 Å². The first-order valence-corrected chi connectivity index (χ1v) is 9.65. The summed E-state index contributed by atoms with van der Waals surface area (Å²) in [6, 6.07) is 20.6. The van der Waals surface area contributed by atoms with Crippen LogP contribution in [-0.4, -0.2) is 24.4 Å². The van der Waals surface area contributed by atoms with Gasteiger partial charge in [-0.25, -0.2) is 0 Å². The second-order valence-electron chi connectivity index (χ2n) is 7.17. The smallest absolute Gasteiger partial charge is 0.110 e. The molecule has 0 radical (unpaired) electrons. The molecular weight excluding hydrogens is 324 g/mol. The van der Waals surface area contributed by atoms with Gasteiger partial charge in [0.05, 0.1) is 31.5 Å². The van der Waals surface area contributed by atoms with E-state index in [1.165, 1.54) is 11.1 Å². The lowest BCUT2D eigenvalue weighted by atomic mass is 9.87. The van der Waals surface area contributed by atoms with Crippen molar-refractivity contribution in [3.63, 3.8) is 0 Å². The van der Waals surface area contributed by atoms with Crippen LogP contribution in [0.3, 0.4) is 0 Å². The highest BCUT2D eigenvalue weighted by molar-refractivity contribution is 5.14. The van der Waals surface area contributed by atoms with Crippen LogP contribution >= 0.6 is 0 Å². The molecule has 0 aliphatic carbocycles. The van der Waals surface area contributed by atoms with E-state index in [9.17, 15) is 0 Å². The molecule has 1 fully saturated rings. The molecule has 0 spiro atoms. The zero-order chi connectivity index (χ0) is 18.4. The number of hydrogen-bond donors (Lipinski definition) is 0. The lowest BCUT2D eigenvalue weighted by Gasteiger charge is -2.44. The maximum Gasteiger partial charge on any atom is 0.110 e. The zero-order valence-corrected chi connectivity index (χ0v) is 16.0. The van der Waals surface area contributed by atoms with E-state index in [2.05, 4.69) is 45.0 Å². The predicted molar refractivity (Wildman–Crippen MR) is 104 cm³/mol. The largest absolute Gasteiger partial charge is 0.372 e. The second kappa shape index (κ2) is 9.31. The summed E-state index contributed by atoms with van der Waals surface area (Å²) in [4.78, 5) is 0. The third kappa shape index (κ3) is 4.73. The van der Waals surface area contributed by atoms with Crippen molar-refractivity contribution < 1.29 is 14.2 Å². The van der Waals surface area contributed by atoms with Gasteiger partial charge in [0.2, 0.25) is 0 Å². The molecule has 0 bridgehead atoms. The van der Waals surface area contributed by atoms with Crippen LogP contribution in [-0.2, 0) is 27.4 Å². The van der Waals surface area contributed by atoms with Gasteiger partial charge in [-0.1, -0.05) is 74.5 Å². The van der Waals surface area contributed by atoms with Gasteiger partial charge in [-0.15, -0.1) is 0 Å². The van der Waals surface area contributed by atoms with Gasteiger partial charge in [0, 0.05) is 5.92 Å². The molecule has 2 aromatic rings. The monoisotopic (exact) mass is 354 g/mol. The fourth-order valence-electron chi connectivity index (χ4n) is 3.73. The summed E-state index contributed by atoms with van der Waals surface area (Å²) in [7, 11) is 0. The van der Waals surface area contributed by atoms with Crippen molar-refractivity contribution in [1.29, 1.82) is 0 Å². The third-order valence-electron chi connectivity index (χ3n) is 5.25. The molecule has 3 nitrogen and oxygen atoms in total. The molecule has 3 heteroatoms. The van der Waals surface area contributed by atoms with E-state index in [0.29, 0.717) is 19.1 Å². The summed E-state index contributed by atoms with van der Waals surface area (Å²) in [5.41, 5.74) is 2.36. The summed E-state index contributed by atoms with van der Waals surface area (Å²) in [5, 5.41) is 0. The van der Waals surface area contributed by atoms with E-state index < -0.39 is 0 Å². The normalized spacial score (nSPS) is 28.8. The molecule has 0 saturated carbocycles. The molecule has 2 aromatic carbocycles. The molecular formula is C23H30O3. The van der Waals surface area contributed by atoms with Crippen LogP contribution in [0.1, 0.15) is 38.3 Å². The average Bonchev–Trinajstić information content (AvgIpc) is 2.69. The Labute approximate surface area is 157 Å². The van der Waals surface area contributed by atoms with Gasteiger partial charge in [0.1, 0.15) is 6.10 Å². The first-order chi connectivity index (χ1) is 12.7. The molecule has 0 amide bonds. The Kier molecular flexibility index (Phi) is 6.84. The Morgan fingerprint density at radius 3 is 1.77 bits per heavy atom. The Morgan fingerprint density at radius 1 is 0.769 bits per heavy atom. The lowest BCUT2D eigenvalue weighted by Crippen LogP contribution is -2.54. The molecule has 140 valence electrons. The summed E-state index contributed by atoms with van der Waals surface area (Å²) >= 11 is 0. The van der Waals surface area contributed by atoms with Crippen molar-refractivity contribution in [3.8, 4) is 0 Å². The topological polar surface area (TPSA) is 27.7 Å². The van der Waals surface area contributed by atoms with Gasteiger partial charge in [0.15, 0.2) is 0 Å². The third-order valence-corrected chi connectivity index (χ3v) is 5.25. The van der Waals surface area contributed by atoms with Gasteiger partial charge in [-0.05, 0) is 24.5 Å². The first kappa shape index (κ1) is 19.1. The van der Waals surface area contributed by atoms with Crippen molar-refractivity contribution in [2.45, 2.75) is 64.8 Å². The quantitative estimate of drug-likeness (QED) is 0.701. The van der Waals surface area contributed by atoms with Crippen molar-refractivity contribution in [3.05, 3.63) is 71.8 Å². The van der Waals surface area contributed by atoms with Gasteiger partial charge in [-0.2, -0.15) is 0 Å². The minimum absolute atomic E-state index is 0.0145. The van der Waals surface area contributed by atoms with E-state index in [-0.39, 0.29) is 24.4 Å². The Balaban J connectivity index is 1.69. The van der Waals surface area contributed by atoms with Crippen LogP contribution < -0.4 is 0 Å². The molecule has 1 heterocycles. The zero-order valence-electron chi connectivity index (χ0n) is 16.0. The molecule has 3 rings (SSSR count). The van der Waals surface area contributed by atoms with E-state index >= 15 is 0 Å². The summed E-state index contributed by atoms with van der Waals surface area (Å²) in [5.74, 6) is 0.292. The van der Waals surface area contributed by atoms with Crippen molar-refractivity contribution in [2.75, 3.05) is 0 Å². The van der Waals surface area contributed by atoms with Crippen molar-refractivity contribution >= 4 is 0 Å². The summed E-state index contributed by atoms with van der Waals surface area (Å²) in [6.07, 6.45) is 1.16. The molecule has 5 atom stereocenters. The maximum absolute atomic E-state index is 6.38. The number of hydrogen-bond acceptors (Lipinski definition) is 3. The van der Waals surface area contributed by atoms with Gasteiger partial charge in [-0.3, -0.25) is 0 Å². The van der Waals surface area contributed by atoms with Crippen molar-refractivity contribution in [2.24, 2.45) is 5.92 Å². The molecule has 1 aliphatic rings. The summed E-state index contributed by atoms with van der Waals surface area (Å²) in [6.45, 7) is 7.67. The number of ether oxygens (including phenoxy) is 3. The molecule has 1 saturated heterocycles. The van der Waals surface area contributed by atoms with Crippen molar-refractivity contribution in [1.82, 2.24) is 0 Å². The van der Waals surface area contributed by atoms with Gasteiger partial charge < -0.3 is 14.2 Å². The Bertz CT molecular complexity index is 643. The molecule has 0 N–H and O–H groups in total. The standard InChI is InChI=1S/C23H30O3/c1-4-21-17(2)22(24-15-19-11-7-5-8-12-19)23(18(3)26-21)25-16-20-13-9-6-10-14-20/h5-14,17-18,21-23H,4,15-16H2,1-3H3/t17-,18?,21-,22+,23+/m1/s1. The fourth-order valence-corrected chi connectivity index (χ4v) is 3.73. The van der Waals surface area contributed by atoms with E-state index in [1.54, 1.807) is 0 Å². The van der Waals surface area contributed by atoms with Crippen LogP contribution in [0.5, 0.6) is 0 Å². The highest BCUT2D eigenvalue weighted by Gasteiger charge is 2.42. The first-order valence-electron chi connectivity index (χ1n) is 9.65. The molecule has 1 unspecified atom stereocenters. The van der Waals surface area contributed by atoms with Crippen LogP contribution in [0, 0.1) is 5.92 Å². The Morgan fingerprint density at radius 2 is 1.27 bits per heavy atom. The highest BCUT2D eigenvalue weighted by Crippen LogP contribution is 2.32. The maximum atomic E-state index is 6.38. The van der Waals surface area contributed by atoms with E-state index in [1.807, 2.05) is 36.4 Å². The minimum atomic E-state index is -0.0725. The van der Waals surface area contributed by atoms with Gasteiger partial charge >= 0.3 is 0 Å². The molecule has 26 heavy (non-hydrogen) atoms. The van der Waals surface area contributed by atoms with Crippen LogP contribution in [0.15, 0.2) is 60.7 Å².